The molecule has 0 heterocycles. The molecule has 0 fully saturated rings. The smallest absolute Gasteiger partial charge is 0.122 e. The third-order valence-electron chi connectivity index (χ3n) is 2.85. The quantitative estimate of drug-likeness (QED) is 0.791. The van der Waals surface area contributed by atoms with Crippen molar-refractivity contribution in [2.75, 3.05) is 13.7 Å². The van der Waals surface area contributed by atoms with Gasteiger partial charge >= 0.3 is 0 Å². The van der Waals surface area contributed by atoms with Crippen LogP contribution in [0.4, 0.5) is 0 Å². The Bertz CT molecular complexity index is 333. The first kappa shape index (κ1) is 13.0. The molecule has 0 aliphatic heterocycles. The van der Waals surface area contributed by atoms with Crippen LogP contribution in [-0.4, -0.2) is 13.7 Å². The van der Waals surface area contributed by atoms with E-state index in [2.05, 4.69) is 32.9 Å². The summed E-state index contributed by atoms with van der Waals surface area (Å²) in [5.41, 5.74) is 9.62. The third-order valence-corrected chi connectivity index (χ3v) is 2.85. The van der Waals surface area contributed by atoms with Gasteiger partial charge in [0.15, 0.2) is 0 Å². The van der Waals surface area contributed by atoms with Gasteiger partial charge in [-0.05, 0) is 50.8 Å². The van der Waals surface area contributed by atoms with Gasteiger partial charge in [0.1, 0.15) is 5.76 Å². The second-order valence-electron chi connectivity index (χ2n) is 4.69. The fraction of sp³-hybridized carbons (Fsp3) is 0.571. The minimum Gasteiger partial charge on any atom is -0.496 e. The molecule has 1 unspecified atom stereocenters. The predicted molar refractivity (Wildman–Crippen MR) is 69.0 cm³/mol. The van der Waals surface area contributed by atoms with E-state index in [1.54, 1.807) is 7.11 Å². The summed E-state index contributed by atoms with van der Waals surface area (Å²) in [5.74, 6) is 1.53. The van der Waals surface area contributed by atoms with Crippen molar-refractivity contribution in [2.24, 2.45) is 11.7 Å². The summed E-state index contributed by atoms with van der Waals surface area (Å²) < 4.78 is 5.47. The van der Waals surface area contributed by atoms with E-state index in [0.717, 1.165) is 18.6 Å². The highest BCUT2D eigenvalue weighted by atomic mass is 16.5. The van der Waals surface area contributed by atoms with E-state index in [4.69, 9.17) is 10.5 Å². The molecule has 0 amide bonds. The summed E-state index contributed by atoms with van der Waals surface area (Å²) in [5, 5.41) is 0. The summed E-state index contributed by atoms with van der Waals surface area (Å²) in [6, 6.07) is 0. The van der Waals surface area contributed by atoms with Gasteiger partial charge in [-0.1, -0.05) is 24.1 Å². The van der Waals surface area contributed by atoms with Crippen molar-refractivity contribution in [2.45, 2.75) is 33.6 Å². The van der Waals surface area contributed by atoms with Crippen molar-refractivity contribution in [3.8, 4) is 0 Å². The number of hydrogen-bond donors (Lipinski definition) is 1. The fourth-order valence-corrected chi connectivity index (χ4v) is 2.13. The van der Waals surface area contributed by atoms with E-state index < -0.39 is 0 Å². The molecule has 0 aromatic rings. The van der Waals surface area contributed by atoms with Crippen LogP contribution in [0.3, 0.4) is 0 Å². The van der Waals surface area contributed by atoms with Crippen LogP contribution in [0.25, 0.3) is 0 Å². The maximum Gasteiger partial charge on any atom is 0.122 e. The molecule has 0 saturated carbocycles. The second-order valence-corrected chi connectivity index (χ2v) is 4.69. The molecule has 16 heavy (non-hydrogen) atoms. The molecule has 0 saturated heterocycles. The number of rotatable bonds is 4. The Morgan fingerprint density at radius 3 is 2.75 bits per heavy atom. The molecule has 1 aliphatic rings. The average Bonchev–Trinajstić information content (AvgIpc) is 2.21. The van der Waals surface area contributed by atoms with Gasteiger partial charge in [0.05, 0.1) is 7.11 Å². The molecular formula is C14H23NO. The highest BCUT2D eigenvalue weighted by molar-refractivity contribution is 5.38. The number of methoxy groups -OCH3 is 1. The molecule has 0 aromatic heterocycles. The normalized spacial score (nSPS) is 20.6. The Balaban J connectivity index is 3.04. The molecule has 0 bridgehead atoms. The zero-order valence-electron chi connectivity index (χ0n) is 10.8. The molecule has 1 atom stereocenters. The van der Waals surface area contributed by atoms with Crippen LogP contribution in [0.1, 0.15) is 33.6 Å². The fourth-order valence-electron chi connectivity index (χ4n) is 2.13. The molecule has 0 aromatic carbocycles. The molecule has 90 valence electrons. The van der Waals surface area contributed by atoms with Crippen molar-refractivity contribution in [3.05, 3.63) is 34.6 Å². The molecule has 1 rings (SSSR count). The van der Waals surface area contributed by atoms with Crippen LogP contribution >= 0.6 is 0 Å². The van der Waals surface area contributed by atoms with Crippen LogP contribution in [0.15, 0.2) is 34.6 Å². The lowest BCUT2D eigenvalue weighted by Crippen LogP contribution is -2.12. The number of ether oxygens (including phenoxy) is 1. The van der Waals surface area contributed by atoms with Gasteiger partial charge < -0.3 is 10.5 Å². The highest BCUT2D eigenvalue weighted by Crippen LogP contribution is 2.32. The molecule has 2 heteroatoms. The van der Waals surface area contributed by atoms with Crippen molar-refractivity contribution < 1.29 is 4.74 Å². The standard InChI is InChI=1S/C14H23NO/c1-10(2)7-13-11(3)8-12(5-6-15)9-14(13)16-4/h7,9,11H,5-6,8,15H2,1-4H3. The van der Waals surface area contributed by atoms with E-state index in [-0.39, 0.29) is 0 Å². The van der Waals surface area contributed by atoms with E-state index >= 15 is 0 Å². The SMILES string of the molecule is COC1=C(C=C(C)C)C(C)CC(CCN)=C1. The largest absolute Gasteiger partial charge is 0.496 e. The Labute approximate surface area is 98.9 Å². The maximum atomic E-state index is 5.60. The number of nitrogens with two attached hydrogens (primary N) is 1. The number of allylic oxidation sites excluding steroid dienone is 4. The minimum absolute atomic E-state index is 0.524. The van der Waals surface area contributed by atoms with E-state index in [1.165, 1.54) is 16.7 Å². The molecule has 2 N–H and O–H groups in total. The van der Waals surface area contributed by atoms with Gasteiger partial charge in [-0.3, -0.25) is 0 Å². The average molecular weight is 221 g/mol. The lowest BCUT2D eigenvalue weighted by Gasteiger charge is -2.23. The maximum absolute atomic E-state index is 5.60. The van der Waals surface area contributed by atoms with Crippen molar-refractivity contribution >= 4 is 0 Å². The molecular weight excluding hydrogens is 198 g/mol. The topological polar surface area (TPSA) is 35.2 Å². The van der Waals surface area contributed by atoms with E-state index in [1.807, 2.05) is 0 Å². The van der Waals surface area contributed by atoms with E-state index in [9.17, 15) is 0 Å². The Morgan fingerprint density at radius 2 is 2.25 bits per heavy atom. The van der Waals surface area contributed by atoms with Crippen molar-refractivity contribution in [1.29, 1.82) is 0 Å². The van der Waals surface area contributed by atoms with Crippen molar-refractivity contribution in [3.63, 3.8) is 0 Å². The zero-order chi connectivity index (χ0) is 12.1. The first-order valence-electron chi connectivity index (χ1n) is 5.91. The van der Waals surface area contributed by atoms with Gasteiger partial charge in [0.25, 0.3) is 0 Å². The summed E-state index contributed by atoms with van der Waals surface area (Å²) >= 11 is 0. The van der Waals surface area contributed by atoms with E-state index in [0.29, 0.717) is 12.5 Å². The molecule has 2 nitrogen and oxygen atoms in total. The monoisotopic (exact) mass is 221 g/mol. The Hall–Kier alpha value is -1.02. The van der Waals surface area contributed by atoms with Crippen LogP contribution in [-0.2, 0) is 4.74 Å². The first-order chi connectivity index (χ1) is 7.58. The second kappa shape index (κ2) is 5.90. The summed E-state index contributed by atoms with van der Waals surface area (Å²) in [7, 11) is 1.74. The molecule has 0 spiro atoms. The summed E-state index contributed by atoms with van der Waals surface area (Å²) in [6.45, 7) is 7.20. The van der Waals surface area contributed by atoms with Gasteiger partial charge in [-0.25, -0.2) is 0 Å². The highest BCUT2D eigenvalue weighted by Gasteiger charge is 2.19. The Kier molecular flexibility index (Phi) is 4.81. The Morgan fingerprint density at radius 1 is 1.56 bits per heavy atom. The van der Waals surface area contributed by atoms with Gasteiger partial charge in [-0.2, -0.15) is 0 Å². The zero-order valence-corrected chi connectivity index (χ0v) is 10.8. The van der Waals surface area contributed by atoms with Crippen molar-refractivity contribution in [1.82, 2.24) is 0 Å². The third kappa shape index (κ3) is 3.24. The minimum atomic E-state index is 0.524. The first-order valence-corrected chi connectivity index (χ1v) is 5.91. The lowest BCUT2D eigenvalue weighted by atomic mass is 9.85. The summed E-state index contributed by atoms with van der Waals surface area (Å²) in [4.78, 5) is 0. The summed E-state index contributed by atoms with van der Waals surface area (Å²) in [6.07, 6.45) is 6.45. The predicted octanol–water partition coefficient (Wildman–Crippen LogP) is 3.17. The number of hydrogen-bond acceptors (Lipinski definition) is 2. The van der Waals surface area contributed by atoms with Gasteiger partial charge in [-0.15, -0.1) is 0 Å². The lowest BCUT2D eigenvalue weighted by molar-refractivity contribution is 0.294. The van der Waals surface area contributed by atoms with Crippen LogP contribution in [0, 0.1) is 5.92 Å². The van der Waals surface area contributed by atoms with Crippen LogP contribution in [0.5, 0.6) is 0 Å². The van der Waals surface area contributed by atoms with Gasteiger partial charge in [0.2, 0.25) is 0 Å². The molecule has 0 radical (unpaired) electrons. The van der Waals surface area contributed by atoms with Crippen LogP contribution < -0.4 is 5.73 Å². The van der Waals surface area contributed by atoms with Gasteiger partial charge in [0, 0.05) is 0 Å². The van der Waals surface area contributed by atoms with Crippen LogP contribution in [0.2, 0.25) is 0 Å². The molecule has 1 aliphatic carbocycles.